The Bertz CT molecular complexity index is 626. The molecule has 1 unspecified atom stereocenters. The maximum Gasteiger partial charge on any atom is 0.294 e. The second-order valence-electron chi connectivity index (χ2n) is 4.85. The van der Waals surface area contributed by atoms with Crippen LogP contribution in [0.1, 0.15) is 24.5 Å². The molecule has 3 nitrogen and oxygen atoms in total. The van der Waals surface area contributed by atoms with Crippen LogP contribution in [0, 0.1) is 6.92 Å². The Kier molecular flexibility index (Phi) is 3.17. The highest BCUT2D eigenvalue weighted by Gasteiger charge is 2.28. The van der Waals surface area contributed by atoms with E-state index >= 15 is 0 Å². The van der Waals surface area contributed by atoms with Gasteiger partial charge in [-0.1, -0.05) is 43.3 Å². The van der Waals surface area contributed by atoms with Crippen molar-refractivity contribution in [3.8, 4) is 0 Å². The lowest BCUT2D eigenvalue weighted by molar-refractivity contribution is 0.490. The summed E-state index contributed by atoms with van der Waals surface area (Å²) < 4.78 is 31.1. The predicted octanol–water partition coefficient (Wildman–Crippen LogP) is 2.98. The van der Waals surface area contributed by atoms with Crippen LogP contribution in [-0.2, 0) is 15.5 Å². The molecule has 0 radical (unpaired) electrons. The second kappa shape index (κ2) is 4.37. The zero-order valence-corrected chi connectivity index (χ0v) is 11.2. The van der Waals surface area contributed by atoms with Gasteiger partial charge in [0.15, 0.2) is 0 Å². The van der Waals surface area contributed by atoms with Gasteiger partial charge in [-0.15, -0.1) is 0 Å². The minimum Gasteiger partial charge on any atom is -0.282 e. The number of allylic oxidation sites excluding steroid dienone is 3. The Morgan fingerprint density at radius 1 is 1.28 bits per heavy atom. The smallest absolute Gasteiger partial charge is 0.282 e. The molecule has 0 heterocycles. The molecule has 1 aliphatic rings. The van der Waals surface area contributed by atoms with Gasteiger partial charge in [-0.25, -0.2) is 0 Å². The minimum atomic E-state index is -4.09. The molecule has 1 aliphatic carbocycles. The minimum absolute atomic E-state index is 0.0199. The first-order valence-electron chi connectivity index (χ1n) is 5.76. The molecule has 1 aromatic rings. The fourth-order valence-electron chi connectivity index (χ4n) is 2.32. The van der Waals surface area contributed by atoms with Crippen LogP contribution < -0.4 is 0 Å². The van der Waals surface area contributed by atoms with Crippen LogP contribution in [0.4, 0.5) is 0 Å². The number of rotatable bonds is 2. The van der Waals surface area contributed by atoms with Crippen LogP contribution >= 0.6 is 0 Å². The van der Waals surface area contributed by atoms with Crippen LogP contribution in [0.5, 0.6) is 0 Å². The van der Waals surface area contributed by atoms with Gasteiger partial charge in [-0.2, -0.15) is 8.42 Å². The Hall–Kier alpha value is -1.39. The van der Waals surface area contributed by atoms with Gasteiger partial charge >= 0.3 is 0 Å². The zero-order chi connectivity index (χ0) is 13.4. The summed E-state index contributed by atoms with van der Waals surface area (Å²) in [5.41, 5.74) is 2.12. The Morgan fingerprint density at radius 3 is 2.44 bits per heavy atom. The average Bonchev–Trinajstić information content (AvgIpc) is 2.28. The molecule has 0 saturated carbocycles. The summed E-state index contributed by atoms with van der Waals surface area (Å²) in [7, 11) is -4.09. The molecule has 0 fully saturated rings. The Morgan fingerprint density at radius 2 is 1.94 bits per heavy atom. The molecule has 1 aromatic carbocycles. The molecule has 0 saturated heterocycles. The van der Waals surface area contributed by atoms with E-state index in [9.17, 15) is 8.42 Å². The van der Waals surface area contributed by atoms with Gasteiger partial charge in [-0.3, -0.25) is 4.55 Å². The highest BCUT2D eigenvalue weighted by atomic mass is 32.2. The number of benzene rings is 1. The standard InChI is InChI=1S/C14H16O3S/c1-11-5-3-4-6-13(11)14(2)9-7-12(8-10-14)18(15,16)17/h3-9H,10H2,1-2H3,(H,15,16,17). The fraction of sp³-hybridized carbons (Fsp3) is 0.286. The van der Waals surface area contributed by atoms with Crippen LogP contribution in [0.15, 0.2) is 47.4 Å². The van der Waals surface area contributed by atoms with Crippen LogP contribution in [0.3, 0.4) is 0 Å². The van der Waals surface area contributed by atoms with E-state index in [0.29, 0.717) is 6.42 Å². The van der Waals surface area contributed by atoms with Crippen LogP contribution in [0.2, 0.25) is 0 Å². The molecule has 1 N–H and O–H groups in total. The van der Waals surface area contributed by atoms with Crippen LogP contribution in [-0.4, -0.2) is 13.0 Å². The third-order valence-corrected chi connectivity index (χ3v) is 4.30. The molecule has 1 atom stereocenters. The number of hydrogen-bond acceptors (Lipinski definition) is 2. The van der Waals surface area contributed by atoms with Crippen molar-refractivity contribution in [1.29, 1.82) is 0 Å². The van der Waals surface area contributed by atoms with Crippen molar-refractivity contribution in [2.45, 2.75) is 25.7 Å². The molecular weight excluding hydrogens is 248 g/mol. The zero-order valence-electron chi connectivity index (χ0n) is 10.4. The Labute approximate surface area is 108 Å². The lowest BCUT2D eigenvalue weighted by atomic mass is 9.75. The summed E-state index contributed by atoms with van der Waals surface area (Å²) in [6.07, 6.45) is 5.45. The molecule has 4 heteroatoms. The topological polar surface area (TPSA) is 54.4 Å². The molecule has 0 bridgehead atoms. The van der Waals surface area contributed by atoms with E-state index < -0.39 is 10.1 Å². The summed E-state index contributed by atoms with van der Waals surface area (Å²) in [5, 5.41) is 0. The lowest BCUT2D eigenvalue weighted by Gasteiger charge is -2.29. The summed E-state index contributed by atoms with van der Waals surface area (Å²) in [5.74, 6) is 0. The fourth-order valence-corrected chi connectivity index (χ4v) is 2.85. The highest BCUT2D eigenvalue weighted by Crippen LogP contribution is 2.36. The predicted molar refractivity (Wildman–Crippen MR) is 71.9 cm³/mol. The first-order valence-corrected chi connectivity index (χ1v) is 7.20. The SMILES string of the molecule is Cc1ccccc1C1(C)C=CC(S(=O)(=O)O)=CC1. The van der Waals surface area contributed by atoms with Crippen molar-refractivity contribution in [3.63, 3.8) is 0 Å². The molecule has 2 rings (SSSR count). The molecule has 0 aromatic heterocycles. The third kappa shape index (κ3) is 2.40. The highest BCUT2D eigenvalue weighted by molar-refractivity contribution is 7.90. The quantitative estimate of drug-likeness (QED) is 0.835. The maximum absolute atomic E-state index is 11.0. The lowest BCUT2D eigenvalue weighted by Crippen LogP contribution is -2.22. The van der Waals surface area contributed by atoms with Crippen molar-refractivity contribution >= 4 is 10.1 Å². The van der Waals surface area contributed by atoms with Crippen molar-refractivity contribution in [2.24, 2.45) is 0 Å². The monoisotopic (exact) mass is 264 g/mol. The largest absolute Gasteiger partial charge is 0.294 e. The van der Waals surface area contributed by atoms with E-state index in [-0.39, 0.29) is 10.3 Å². The van der Waals surface area contributed by atoms with Gasteiger partial charge < -0.3 is 0 Å². The maximum atomic E-state index is 11.0. The van der Waals surface area contributed by atoms with Crippen molar-refractivity contribution in [1.82, 2.24) is 0 Å². The summed E-state index contributed by atoms with van der Waals surface area (Å²) >= 11 is 0. The van der Waals surface area contributed by atoms with E-state index in [0.717, 1.165) is 0 Å². The number of hydrogen-bond donors (Lipinski definition) is 1. The van der Waals surface area contributed by atoms with Crippen molar-refractivity contribution in [2.75, 3.05) is 0 Å². The van der Waals surface area contributed by atoms with E-state index in [1.54, 1.807) is 6.08 Å². The summed E-state index contributed by atoms with van der Waals surface area (Å²) in [4.78, 5) is -0.0199. The van der Waals surface area contributed by atoms with Gasteiger partial charge in [-0.05, 0) is 30.5 Å². The van der Waals surface area contributed by atoms with Gasteiger partial charge in [0.05, 0.1) is 4.91 Å². The first-order chi connectivity index (χ1) is 8.33. The molecule has 0 amide bonds. The van der Waals surface area contributed by atoms with Crippen LogP contribution in [0.25, 0.3) is 0 Å². The normalized spacial score (nSPS) is 23.8. The van der Waals surface area contributed by atoms with Crippen molar-refractivity contribution in [3.05, 3.63) is 58.5 Å². The van der Waals surface area contributed by atoms with E-state index in [2.05, 4.69) is 6.92 Å². The average molecular weight is 264 g/mol. The van der Waals surface area contributed by atoms with Gasteiger partial charge in [0.2, 0.25) is 0 Å². The molecule has 0 aliphatic heterocycles. The van der Waals surface area contributed by atoms with Gasteiger partial charge in [0.1, 0.15) is 0 Å². The summed E-state index contributed by atoms with van der Waals surface area (Å²) in [6, 6.07) is 8.04. The molecule has 96 valence electrons. The van der Waals surface area contributed by atoms with Gasteiger partial charge in [0.25, 0.3) is 10.1 Å². The van der Waals surface area contributed by atoms with E-state index in [1.165, 1.54) is 17.2 Å². The second-order valence-corrected chi connectivity index (χ2v) is 6.27. The Balaban J connectivity index is 2.38. The molecule has 0 spiro atoms. The molecular formula is C14H16O3S. The number of aryl methyl sites for hydroxylation is 1. The van der Waals surface area contributed by atoms with E-state index in [1.807, 2.05) is 37.3 Å². The first kappa shape index (κ1) is 13.1. The van der Waals surface area contributed by atoms with E-state index in [4.69, 9.17) is 4.55 Å². The van der Waals surface area contributed by atoms with Gasteiger partial charge in [0, 0.05) is 5.41 Å². The van der Waals surface area contributed by atoms with Crippen molar-refractivity contribution < 1.29 is 13.0 Å². The third-order valence-electron chi connectivity index (χ3n) is 3.40. The molecule has 18 heavy (non-hydrogen) atoms. The summed E-state index contributed by atoms with van der Waals surface area (Å²) in [6.45, 7) is 4.10.